The first-order chi connectivity index (χ1) is 12.2. The summed E-state index contributed by atoms with van der Waals surface area (Å²) in [6.45, 7) is 0.484. The lowest BCUT2D eigenvalue weighted by atomic mass is 10.1. The van der Waals surface area contributed by atoms with Gasteiger partial charge in [0.05, 0.1) is 12.2 Å². The Bertz CT molecular complexity index is 790. The predicted octanol–water partition coefficient (Wildman–Crippen LogP) is 3.17. The average Bonchev–Trinajstić information content (AvgIpc) is 3.10. The third kappa shape index (κ3) is 3.99. The molecule has 0 aliphatic carbocycles. The van der Waals surface area contributed by atoms with E-state index < -0.39 is 11.9 Å². The van der Waals surface area contributed by atoms with Gasteiger partial charge < -0.3 is 23.7 Å². The number of methoxy groups -OCH3 is 1. The molecule has 0 saturated heterocycles. The SMILES string of the molecule is COCOCC(Oc1ccc(F)c(C#N)c1)c1ccc2c(c1)OCO2. The lowest BCUT2D eigenvalue weighted by molar-refractivity contribution is -0.0571. The summed E-state index contributed by atoms with van der Waals surface area (Å²) < 4.78 is 40.4. The molecular formula is C18H16FNO5. The van der Waals surface area contributed by atoms with E-state index in [4.69, 9.17) is 28.9 Å². The lowest BCUT2D eigenvalue weighted by Gasteiger charge is -2.20. The minimum Gasteiger partial charge on any atom is -0.483 e. The minimum absolute atomic E-state index is 0.0836. The van der Waals surface area contributed by atoms with E-state index in [1.807, 2.05) is 6.07 Å². The van der Waals surface area contributed by atoms with E-state index in [9.17, 15) is 4.39 Å². The Labute approximate surface area is 144 Å². The summed E-state index contributed by atoms with van der Waals surface area (Å²) in [5.41, 5.74) is 0.711. The Morgan fingerprint density at radius 1 is 1.20 bits per heavy atom. The van der Waals surface area contributed by atoms with Gasteiger partial charge in [-0.2, -0.15) is 5.26 Å². The van der Waals surface area contributed by atoms with Crippen molar-refractivity contribution in [1.29, 1.82) is 5.26 Å². The number of hydrogen-bond donors (Lipinski definition) is 0. The van der Waals surface area contributed by atoms with E-state index in [0.717, 1.165) is 5.56 Å². The highest BCUT2D eigenvalue weighted by molar-refractivity contribution is 5.45. The smallest absolute Gasteiger partial charge is 0.231 e. The number of rotatable bonds is 7. The Kier molecular flexibility index (Phi) is 5.33. The van der Waals surface area contributed by atoms with Crippen LogP contribution in [0.1, 0.15) is 17.2 Å². The molecule has 7 heteroatoms. The Morgan fingerprint density at radius 3 is 2.84 bits per heavy atom. The molecule has 1 heterocycles. The van der Waals surface area contributed by atoms with Gasteiger partial charge in [-0.05, 0) is 29.8 Å². The van der Waals surface area contributed by atoms with Crippen molar-refractivity contribution in [1.82, 2.24) is 0 Å². The van der Waals surface area contributed by atoms with Gasteiger partial charge in [0.1, 0.15) is 30.5 Å². The molecule has 0 bridgehead atoms. The van der Waals surface area contributed by atoms with Crippen molar-refractivity contribution in [2.24, 2.45) is 0 Å². The summed E-state index contributed by atoms with van der Waals surface area (Å²) in [6.07, 6.45) is -0.498. The van der Waals surface area contributed by atoms with Gasteiger partial charge >= 0.3 is 0 Å². The highest BCUT2D eigenvalue weighted by Gasteiger charge is 2.20. The van der Waals surface area contributed by atoms with Crippen LogP contribution in [0.3, 0.4) is 0 Å². The van der Waals surface area contributed by atoms with Gasteiger partial charge in [-0.3, -0.25) is 0 Å². The Morgan fingerprint density at radius 2 is 2.04 bits per heavy atom. The highest BCUT2D eigenvalue weighted by atomic mass is 19.1. The Hall–Kier alpha value is -2.82. The molecule has 0 radical (unpaired) electrons. The van der Waals surface area contributed by atoms with Crippen LogP contribution in [0.4, 0.5) is 4.39 Å². The van der Waals surface area contributed by atoms with Crippen molar-refractivity contribution in [2.45, 2.75) is 6.10 Å². The third-order valence-electron chi connectivity index (χ3n) is 3.58. The fourth-order valence-electron chi connectivity index (χ4n) is 2.38. The van der Waals surface area contributed by atoms with Crippen LogP contribution in [-0.4, -0.2) is 27.3 Å². The zero-order valence-corrected chi connectivity index (χ0v) is 13.5. The molecule has 1 aliphatic rings. The zero-order chi connectivity index (χ0) is 17.6. The summed E-state index contributed by atoms with van der Waals surface area (Å²) in [5, 5.41) is 8.96. The van der Waals surface area contributed by atoms with Crippen LogP contribution in [0.15, 0.2) is 36.4 Å². The molecule has 3 rings (SSSR count). The minimum atomic E-state index is -0.592. The summed E-state index contributed by atoms with van der Waals surface area (Å²) in [5.74, 6) is 1.05. The van der Waals surface area contributed by atoms with E-state index in [2.05, 4.69) is 0 Å². The maximum atomic E-state index is 13.5. The molecular weight excluding hydrogens is 329 g/mol. The number of nitrogens with zero attached hydrogens (tertiary/aromatic N) is 1. The van der Waals surface area contributed by atoms with Crippen LogP contribution < -0.4 is 14.2 Å². The number of benzene rings is 2. The molecule has 2 aromatic carbocycles. The number of halogens is 1. The first-order valence-corrected chi connectivity index (χ1v) is 7.54. The van der Waals surface area contributed by atoms with Gasteiger partial charge in [0.2, 0.25) is 6.79 Å². The molecule has 25 heavy (non-hydrogen) atoms. The molecule has 0 N–H and O–H groups in total. The molecule has 0 fully saturated rings. The summed E-state index contributed by atoms with van der Waals surface area (Å²) >= 11 is 0. The highest BCUT2D eigenvalue weighted by Crippen LogP contribution is 2.35. The van der Waals surface area contributed by atoms with Gasteiger partial charge in [-0.25, -0.2) is 4.39 Å². The van der Waals surface area contributed by atoms with Crippen molar-refractivity contribution in [3.05, 3.63) is 53.3 Å². The van der Waals surface area contributed by atoms with Crippen LogP contribution in [0.25, 0.3) is 0 Å². The maximum absolute atomic E-state index is 13.5. The molecule has 1 unspecified atom stereocenters. The molecule has 130 valence electrons. The zero-order valence-electron chi connectivity index (χ0n) is 13.5. The molecule has 1 atom stereocenters. The van der Waals surface area contributed by atoms with Crippen molar-refractivity contribution in [2.75, 3.05) is 27.3 Å². The van der Waals surface area contributed by atoms with Gasteiger partial charge in [-0.15, -0.1) is 0 Å². The van der Waals surface area contributed by atoms with Crippen LogP contribution in [0.2, 0.25) is 0 Å². The summed E-state index contributed by atoms with van der Waals surface area (Å²) in [6, 6.07) is 11.2. The number of ether oxygens (including phenoxy) is 5. The van der Waals surface area contributed by atoms with Gasteiger partial charge in [0.25, 0.3) is 0 Å². The second-order valence-electron chi connectivity index (χ2n) is 5.25. The fourth-order valence-corrected chi connectivity index (χ4v) is 2.38. The van der Waals surface area contributed by atoms with E-state index in [1.165, 1.54) is 25.3 Å². The van der Waals surface area contributed by atoms with Crippen LogP contribution in [-0.2, 0) is 9.47 Å². The molecule has 1 aliphatic heterocycles. The van der Waals surface area contributed by atoms with Crippen LogP contribution >= 0.6 is 0 Å². The largest absolute Gasteiger partial charge is 0.483 e. The van der Waals surface area contributed by atoms with E-state index in [-0.39, 0.29) is 25.8 Å². The Balaban J connectivity index is 1.83. The second-order valence-corrected chi connectivity index (χ2v) is 5.25. The third-order valence-corrected chi connectivity index (χ3v) is 3.58. The number of hydrogen-bond acceptors (Lipinski definition) is 6. The predicted molar refractivity (Wildman–Crippen MR) is 84.9 cm³/mol. The normalized spacial score (nSPS) is 13.3. The fraction of sp³-hybridized carbons (Fsp3) is 0.278. The quantitative estimate of drug-likeness (QED) is 0.567. The summed E-state index contributed by atoms with van der Waals surface area (Å²) in [7, 11) is 1.52. The van der Waals surface area contributed by atoms with Crippen LogP contribution in [0, 0.1) is 17.1 Å². The first-order valence-electron chi connectivity index (χ1n) is 7.54. The van der Waals surface area contributed by atoms with Crippen molar-refractivity contribution in [3.8, 4) is 23.3 Å². The summed E-state index contributed by atoms with van der Waals surface area (Å²) in [4.78, 5) is 0. The standard InChI is InChI=1S/C18H16FNO5/c1-21-10-22-9-18(12-2-5-16-17(7-12)24-11-23-16)25-14-3-4-15(19)13(6-14)8-20/h2-7,18H,9-11H2,1H3. The molecule has 2 aromatic rings. The average molecular weight is 345 g/mol. The lowest BCUT2D eigenvalue weighted by Crippen LogP contribution is -2.16. The second kappa shape index (κ2) is 7.83. The van der Waals surface area contributed by atoms with Crippen LogP contribution in [0.5, 0.6) is 17.2 Å². The van der Waals surface area contributed by atoms with Crippen molar-refractivity contribution in [3.63, 3.8) is 0 Å². The van der Waals surface area contributed by atoms with Gasteiger partial charge in [-0.1, -0.05) is 6.07 Å². The van der Waals surface area contributed by atoms with Gasteiger partial charge in [0, 0.05) is 13.2 Å². The van der Waals surface area contributed by atoms with E-state index >= 15 is 0 Å². The molecule has 0 saturated carbocycles. The van der Waals surface area contributed by atoms with Crippen molar-refractivity contribution >= 4 is 0 Å². The maximum Gasteiger partial charge on any atom is 0.231 e. The van der Waals surface area contributed by atoms with Crippen molar-refractivity contribution < 1.29 is 28.1 Å². The molecule has 0 amide bonds. The van der Waals surface area contributed by atoms with E-state index in [0.29, 0.717) is 17.2 Å². The number of fused-ring (bicyclic) bond motifs is 1. The first kappa shape index (κ1) is 17.0. The number of nitriles is 1. The molecule has 0 aromatic heterocycles. The topological polar surface area (TPSA) is 69.9 Å². The molecule has 6 nitrogen and oxygen atoms in total. The van der Waals surface area contributed by atoms with E-state index in [1.54, 1.807) is 18.2 Å². The van der Waals surface area contributed by atoms with Gasteiger partial charge in [0.15, 0.2) is 11.5 Å². The molecule has 0 spiro atoms. The monoisotopic (exact) mass is 345 g/mol.